The lowest BCUT2D eigenvalue weighted by Crippen LogP contribution is -2.31. The summed E-state index contributed by atoms with van der Waals surface area (Å²) >= 11 is 0. The average Bonchev–Trinajstić information content (AvgIpc) is 2.38. The molecule has 1 N–H and O–H groups in total. The van der Waals surface area contributed by atoms with E-state index in [4.69, 9.17) is 4.74 Å². The summed E-state index contributed by atoms with van der Waals surface area (Å²) < 4.78 is 18.3. The number of allylic oxidation sites excluding steroid dienone is 1. The molecule has 0 radical (unpaired) electrons. The summed E-state index contributed by atoms with van der Waals surface area (Å²) in [5.74, 6) is -0.193. The van der Waals surface area contributed by atoms with Gasteiger partial charge < -0.3 is 10.1 Å². The predicted molar refractivity (Wildman–Crippen MR) is 66.1 cm³/mol. The van der Waals surface area contributed by atoms with E-state index in [1.807, 2.05) is 18.2 Å². The fraction of sp³-hybridized carbons (Fsp3) is 0.429. The van der Waals surface area contributed by atoms with Crippen molar-refractivity contribution in [3.05, 3.63) is 48.0 Å². The number of hydrogen-bond acceptors (Lipinski definition) is 2. The molecule has 0 saturated heterocycles. The summed E-state index contributed by atoms with van der Waals surface area (Å²) in [4.78, 5) is 0. The van der Waals surface area contributed by atoms with Gasteiger partial charge >= 0.3 is 0 Å². The molecule has 1 aliphatic rings. The van der Waals surface area contributed by atoms with Gasteiger partial charge in [-0.2, -0.15) is 0 Å². The third-order valence-corrected chi connectivity index (χ3v) is 3.04. The van der Waals surface area contributed by atoms with E-state index in [2.05, 4.69) is 12.2 Å². The Labute approximate surface area is 101 Å². The van der Waals surface area contributed by atoms with Crippen LogP contribution >= 0.6 is 0 Å². The van der Waals surface area contributed by atoms with Crippen molar-refractivity contribution < 1.29 is 9.13 Å². The zero-order chi connectivity index (χ0) is 12.1. The van der Waals surface area contributed by atoms with Gasteiger partial charge in [-0.15, -0.1) is 0 Å². The third kappa shape index (κ3) is 3.56. The molecule has 1 unspecified atom stereocenters. The minimum absolute atomic E-state index is 0.193. The highest BCUT2D eigenvalue weighted by Crippen LogP contribution is 2.14. The molecule has 0 aliphatic carbocycles. The van der Waals surface area contributed by atoms with Crippen LogP contribution in [0.2, 0.25) is 0 Å². The van der Waals surface area contributed by atoms with Gasteiger partial charge in [-0.3, -0.25) is 0 Å². The first-order valence-electron chi connectivity index (χ1n) is 6.05. The summed E-state index contributed by atoms with van der Waals surface area (Å²) in [6.45, 7) is 2.90. The average molecular weight is 235 g/mol. The first-order valence-corrected chi connectivity index (χ1v) is 6.05. The maximum absolute atomic E-state index is 12.8. The highest BCUT2D eigenvalue weighted by atomic mass is 19.1. The molecule has 0 amide bonds. The second kappa shape index (κ2) is 5.82. The van der Waals surface area contributed by atoms with Crippen LogP contribution in [0.5, 0.6) is 0 Å². The number of hydrogen-bond donors (Lipinski definition) is 1. The van der Waals surface area contributed by atoms with Gasteiger partial charge in [-0.1, -0.05) is 12.1 Å². The lowest BCUT2D eigenvalue weighted by atomic mass is 10.1. The zero-order valence-electron chi connectivity index (χ0n) is 10.0. The van der Waals surface area contributed by atoms with Gasteiger partial charge in [0.1, 0.15) is 11.9 Å². The summed E-state index contributed by atoms with van der Waals surface area (Å²) in [6, 6.07) is 6.83. The molecule has 0 aromatic heterocycles. The number of benzene rings is 1. The lowest BCUT2D eigenvalue weighted by molar-refractivity contribution is 0.120. The van der Waals surface area contributed by atoms with Crippen LogP contribution < -0.4 is 5.32 Å². The summed E-state index contributed by atoms with van der Waals surface area (Å²) in [5.41, 5.74) is 1.10. The summed E-state index contributed by atoms with van der Waals surface area (Å²) in [7, 11) is 0. The van der Waals surface area contributed by atoms with Crippen LogP contribution in [-0.2, 0) is 4.74 Å². The topological polar surface area (TPSA) is 21.3 Å². The molecule has 3 heteroatoms. The number of rotatable bonds is 4. The van der Waals surface area contributed by atoms with E-state index in [-0.39, 0.29) is 18.0 Å². The van der Waals surface area contributed by atoms with Gasteiger partial charge in [0.2, 0.25) is 0 Å². The van der Waals surface area contributed by atoms with E-state index in [9.17, 15) is 4.39 Å². The van der Waals surface area contributed by atoms with E-state index >= 15 is 0 Å². The van der Waals surface area contributed by atoms with Crippen molar-refractivity contribution in [2.24, 2.45) is 0 Å². The molecule has 0 fully saturated rings. The minimum Gasteiger partial charge on any atom is -0.497 e. The van der Waals surface area contributed by atoms with Crippen molar-refractivity contribution in [1.29, 1.82) is 0 Å². The number of halogens is 1. The molecule has 92 valence electrons. The predicted octanol–water partition coefficient (Wildman–Crippen LogP) is 3.17. The van der Waals surface area contributed by atoms with Gasteiger partial charge in [-0.05, 0) is 43.5 Å². The molecule has 2 atom stereocenters. The van der Waals surface area contributed by atoms with Crippen LogP contribution in [0, 0.1) is 5.82 Å². The second-order valence-corrected chi connectivity index (χ2v) is 4.39. The minimum atomic E-state index is -0.193. The SMILES string of the molecule is C[C@@H](NCC1CCC=CO1)c1ccc(F)cc1. The first kappa shape index (κ1) is 12.1. The standard InChI is InChI=1S/C14H18FNO/c1-11(12-5-7-13(15)8-6-12)16-10-14-4-2-3-9-17-14/h3,5-9,11,14,16H,2,4,10H2,1H3/t11-,14?/m1/s1. The van der Waals surface area contributed by atoms with Crippen LogP contribution in [0.15, 0.2) is 36.6 Å². The highest BCUT2D eigenvalue weighted by Gasteiger charge is 2.12. The van der Waals surface area contributed by atoms with Gasteiger partial charge in [0, 0.05) is 12.6 Å². The van der Waals surface area contributed by atoms with E-state index in [0.717, 1.165) is 24.9 Å². The molecule has 1 aromatic rings. The smallest absolute Gasteiger partial charge is 0.123 e. The van der Waals surface area contributed by atoms with E-state index in [1.54, 1.807) is 6.26 Å². The van der Waals surface area contributed by atoms with Crippen molar-refractivity contribution >= 4 is 0 Å². The van der Waals surface area contributed by atoms with Crippen LogP contribution in [0.1, 0.15) is 31.4 Å². The van der Waals surface area contributed by atoms with Crippen LogP contribution in [-0.4, -0.2) is 12.6 Å². The van der Waals surface area contributed by atoms with E-state index < -0.39 is 0 Å². The van der Waals surface area contributed by atoms with E-state index in [0.29, 0.717) is 0 Å². The summed E-state index contributed by atoms with van der Waals surface area (Å²) in [6.07, 6.45) is 6.21. The fourth-order valence-electron chi connectivity index (χ4n) is 1.91. The molecule has 2 rings (SSSR count). The molecular formula is C14H18FNO. The number of ether oxygens (including phenoxy) is 1. The molecule has 2 nitrogen and oxygen atoms in total. The first-order chi connectivity index (χ1) is 8.25. The Morgan fingerprint density at radius 1 is 1.41 bits per heavy atom. The maximum atomic E-state index is 12.8. The normalized spacial score (nSPS) is 20.9. The Bertz CT molecular complexity index is 374. The van der Waals surface area contributed by atoms with Crippen molar-refractivity contribution in [1.82, 2.24) is 5.32 Å². The fourth-order valence-corrected chi connectivity index (χ4v) is 1.91. The Hall–Kier alpha value is -1.35. The summed E-state index contributed by atoms with van der Waals surface area (Å²) in [5, 5.41) is 3.41. The second-order valence-electron chi connectivity index (χ2n) is 4.39. The van der Waals surface area contributed by atoms with Gasteiger partial charge in [0.05, 0.1) is 6.26 Å². The van der Waals surface area contributed by atoms with E-state index in [1.165, 1.54) is 12.1 Å². The lowest BCUT2D eigenvalue weighted by Gasteiger charge is -2.22. The Balaban J connectivity index is 1.82. The van der Waals surface area contributed by atoms with Crippen LogP contribution in [0.4, 0.5) is 4.39 Å². The molecule has 1 heterocycles. The van der Waals surface area contributed by atoms with Crippen molar-refractivity contribution in [3.63, 3.8) is 0 Å². The third-order valence-electron chi connectivity index (χ3n) is 3.04. The van der Waals surface area contributed by atoms with Crippen molar-refractivity contribution in [3.8, 4) is 0 Å². The van der Waals surface area contributed by atoms with Crippen LogP contribution in [0.3, 0.4) is 0 Å². The molecule has 1 aromatic carbocycles. The zero-order valence-corrected chi connectivity index (χ0v) is 10.0. The molecular weight excluding hydrogens is 217 g/mol. The molecule has 0 spiro atoms. The van der Waals surface area contributed by atoms with Crippen molar-refractivity contribution in [2.45, 2.75) is 31.9 Å². The Kier molecular flexibility index (Phi) is 4.15. The van der Waals surface area contributed by atoms with Crippen molar-refractivity contribution in [2.75, 3.05) is 6.54 Å². The van der Waals surface area contributed by atoms with Gasteiger partial charge in [0.15, 0.2) is 0 Å². The Morgan fingerprint density at radius 2 is 2.18 bits per heavy atom. The largest absolute Gasteiger partial charge is 0.497 e. The van der Waals surface area contributed by atoms with Gasteiger partial charge in [-0.25, -0.2) is 4.39 Å². The molecule has 1 aliphatic heterocycles. The molecule has 0 bridgehead atoms. The van der Waals surface area contributed by atoms with Crippen LogP contribution in [0.25, 0.3) is 0 Å². The number of nitrogens with one attached hydrogen (secondary N) is 1. The molecule has 0 saturated carbocycles. The highest BCUT2D eigenvalue weighted by molar-refractivity contribution is 5.19. The van der Waals surface area contributed by atoms with Gasteiger partial charge in [0.25, 0.3) is 0 Å². The quantitative estimate of drug-likeness (QED) is 0.865. The molecule has 17 heavy (non-hydrogen) atoms. The monoisotopic (exact) mass is 235 g/mol. The maximum Gasteiger partial charge on any atom is 0.123 e. The Morgan fingerprint density at radius 3 is 2.82 bits per heavy atom.